The van der Waals surface area contributed by atoms with Crippen LogP contribution in [-0.4, -0.2) is 33.8 Å². The number of rotatable bonds is 7. The van der Waals surface area contributed by atoms with Gasteiger partial charge in [-0.15, -0.1) is 10.2 Å². The first-order chi connectivity index (χ1) is 12.0. The Morgan fingerprint density at radius 2 is 2.04 bits per heavy atom. The monoisotopic (exact) mass is 380 g/mol. The number of benzene rings is 1. The topological polar surface area (TPSA) is 75.2 Å². The zero-order valence-electron chi connectivity index (χ0n) is 13.6. The van der Waals surface area contributed by atoms with Crippen LogP contribution in [0.3, 0.4) is 0 Å². The molecule has 1 saturated carbocycles. The van der Waals surface area contributed by atoms with Crippen LogP contribution in [0.5, 0.6) is 0 Å². The smallest absolute Gasteiger partial charge is 0.225 e. The molecule has 0 radical (unpaired) electrons. The highest BCUT2D eigenvalue weighted by Gasteiger charge is 2.34. The highest BCUT2D eigenvalue weighted by Crippen LogP contribution is 2.35. The van der Waals surface area contributed by atoms with Gasteiger partial charge in [-0.1, -0.05) is 23.1 Å². The van der Waals surface area contributed by atoms with E-state index in [4.69, 9.17) is 0 Å². The van der Waals surface area contributed by atoms with Crippen LogP contribution in [0.2, 0.25) is 0 Å². The summed E-state index contributed by atoms with van der Waals surface area (Å²) < 4.78 is 13.6. The molecule has 1 fully saturated rings. The summed E-state index contributed by atoms with van der Waals surface area (Å²) in [6.07, 6.45) is 2.31. The molecular weight excluding hydrogens is 363 g/mol. The van der Waals surface area contributed by atoms with Crippen molar-refractivity contribution in [1.29, 1.82) is 0 Å². The highest BCUT2D eigenvalue weighted by atomic mass is 32.2. The molecule has 1 aliphatic carbocycles. The van der Waals surface area contributed by atoms with Crippen molar-refractivity contribution in [2.45, 2.75) is 36.6 Å². The van der Waals surface area contributed by atoms with Crippen LogP contribution in [0.15, 0.2) is 28.6 Å². The van der Waals surface area contributed by atoms with Gasteiger partial charge in [0, 0.05) is 30.8 Å². The molecular formula is C16H17FN4O2S2. The Morgan fingerprint density at radius 3 is 2.68 bits per heavy atom. The standard InChI is InChI=1S/C16H17FN4O2S2/c1-10(22)21(13-6-7-13)15-19-20-16(25-15)24-9-8-14(23)18-12-4-2-11(17)3-5-12/h2-5,13H,6-9H2,1H3,(H,18,23). The number of thioether (sulfide) groups is 1. The minimum Gasteiger partial charge on any atom is -0.326 e. The van der Waals surface area contributed by atoms with Gasteiger partial charge in [-0.3, -0.25) is 14.5 Å². The Hall–Kier alpha value is -2.00. The number of anilines is 2. The van der Waals surface area contributed by atoms with Crippen LogP contribution in [0.4, 0.5) is 15.2 Å². The maximum absolute atomic E-state index is 12.8. The summed E-state index contributed by atoms with van der Waals surface area (Å²) in [7, 11) is 0. The molecule has 25 heavy (non-hydrogen) atoms. The van der Waals surface area contributed by atoms with Gasteiger partial charge >= 0.3 is 0 Å². The number of nitrogens with one attached hydrogen (secondary N) is 1. The van der Waals surface area contributed by atoms with Gasteiger partial charge in [-0.25, -0.2) is 4.39 Å². The van der Waals surface area contributed by atoms with E-state index in [1.807, 2.05) is 0 Å². The van der Waals surface area contributed by atoms with Gasteiger partial charge in [0.2, 0.25) is 16.9 Å². The third kappa shape index (κ3) is 4.99. The summed E-state index contributed by atoms with van der Waals surface area (Å²) in [5, 5.41) is 11.5. The number of halogens is 1. The summed E-state index contributed by atoms with van der Waals surface area (Å²) in [5.74, 6) is 0.0398. The molecule has 1 N–H and O–H groups in total. The highest BCUT2D eigenvalue weighted by molar-refractivity contribution is 8.01. The van der Waals surface area contributed by atoms with E-state index >= 15 is 0 Å². The normalized spacial score (nSPS) is 13.5. The van der Waals surface area contributed by atoms with Crippen LogP contribution >= 0.6 is 23.1 Å². The van der Waals surface area contributed by atoms with E-state index in [1.54, 1.807) is 4.90 Å². The van der Waals surface area contributed by atoms with Crippen molar-refractivity contribution in [3.8, 4) is 0 Å². The summed E-state index contributed by atoms with van der Waals surface area (Å²) in [4.78, 5) is 25.3. The minimum atomic E-state index is -0.341. The summed E-state index contributed by atoms with van der Waals surface area (Å²) >= 11 is 2.80. The predicted octanol–water partition coefficient (Wildman–Crippen LogP) is 3.31. The van der Waals surface area contributed by atoms with Gasteiger partial charge in [0.25, 0.3) is 0 Å². The van der Waals surface area contributed by atoms with Crippen molar-refractivity contribution in [3.05, 3.63) is 30.1 Å². The average Bonchev–Trinajstić information content (AvgIpc) is 3.28. The Kier molecular flexibility index (Phi) is 5.64. The SMILES string of the molecule is CC(=O)N(c1nnc(SCCC(=O)Nc2ccc(F)cc2)s1)C1CC1. The molecule has 6 nitrogen and oxygen atoms in total. The van der Waals surface area contributed by atoms with Crippen LogP contribution in [-0.2, 0) is 9.59 Å². The maximum Gasteiger partial charge on any atom is 0.225 e. The van der Waals surface area contributed by atoms with E-state index in [1.165, 1.54) is 54.3 Å². The Labute approximate surface area is 152 Å². The fourth-order valence-electron chi connectivity index (χ4n) is 2.23. The molecule has 0 atom stereocenters. The number of carbonyl (C=O) groups excluding carboxylic acids is 2. The summed E-state index contributed by atoms with van der Waals surface area (Å²) in [6, 6.07) is 5.89. The predicted molar refractivity (Wildman–Crippen MR) is 96.5 cm³/mol. The fourth-order valence-corrected chi connectivity index (χ4v) is 4.19. The molecule has 1 aromatic heterocycles. The van der Waals surface area contributed by atoms with Crippen LogP contribution in [0.25, 0.3) is 0 Å². The second-order valence-electron chi connectivity index (χ2n) is 5.62. The van der Waals surface area contributed by atoms with E-state index in [-0.39, 0.29) is 23.7 Å². The largest absolute Gasteiger partial charge is 0.326 e. The molecule has 132 valence electrons. The third-order valence-corrected chi connectivity index (χ3v) is 5.59. The first-order valence-electron chi connectivity index (χ1n) is 7.84. The molecule has 0 bridgehead atoms. The maximum atomic E-state index is 12.8. The van der Waals surface area contributed by atoms with E-state index in [0.717, 1.165) is 17.2 Å². The molecule has 1 aromatic carbocycles. The molecule has 2 amide bonds. The van der Waals surface area contributed by atoms with Crippen molar-refractivity contribution in [1.82, 2.24) is 10.2 Å². The molecule has 2 aromatic rings. The van der Waals surface area contributed by atoms with Crippen molar-refractivity contribution < 1.29 is 14.0 Å². The second-order valence-corrected chi connectivity index (χ2v) is 7.92. The number of aromatic nitrogens is 2. The number of nitrogens with zero attached hydrogens (tertiary/aromatic N) is 3. The minimum absolute atomic E-state index is 0.0196. The number of carbonyl (C=O) groups is 2. The van der Waals surface area contributed by atoms with Crippen molar-refractivity contribution in [2.24, 2.45) is 0 Å². The van der Waals surface area contributed by atoms with Crippen molar-refractivity contribution >= 4 is 45.7 Å². The lowest BCUT2D eigenvalue weighted by Gasteiger charge is -2.15. The lowest BCUT2D eigenvalue weighted by atomic mass is 10.3. The third-order valence-electron chi connectivity index (χ3n) is 3.54. The zero-order valence-corrected chi connectivity index (χ0v) is 15.2. The molecule has 1 aliphatic rings. The first kappa shape index (κ1) is 17.8. The molecule has 0 saturated heterocycles. The summed E-state index contributed by atoms with van der Waals surface area (Å²) in [6.45, 7) is 1.53. The summed E-state index contributed by atoms with van der Waals surface area (Å²) in [5.41, 5.74) is 0.566. The lowest BCUT2D eigenvalue weighted by Crippen LogP contribution is -2.30. The average molecular weight is 380 g/mol. The van der Waals surface area contributed by atoms with E-state index in [2.05, 4.69) is 15.5 Å². The van der Waals surface area contributed by atoms with Gasteiger partial charge < -0.3 is 5.32 Å². The Morgan fingerprint density at radius 1 is 1.32 bits per heavy atom. The van der Waals surface area contributed by atoms with Crippen LogP contribution < -0.4 is 10.2 Å². The van der Waals surface area contributed by atoms with Crippen LogP contribution in [0, 0.1) is 5.82 Å². The van der Waals surface area contributed by atoms with Crippen molar-refractivity contribution in [2.75, 3.05) is 16.0 Å². The molecule has 9 heteroatoms. The van der Waals surface area contributed by atoms with Gasteiger partial charge in [0.1, 0.15) is 5.82 Å². The van der Waals surface area contributed by atoms with Gasteiger partial charge in [-0.05, 0) is 37.1 Å². The Bertz CT molecular complexity index is 762. The lowest BCUT2D eigenvalue weighted by molar-refractivity contribution is -0.117. The van der Waals surface area contributed by atoms with E-state index < -0.39 is 0 Å². The number of amides is 2. The number of hydrogen-bond acceptors (Lipinski definition) is 6. The van der Waals surface area contributed by atoms with Crippen LogP contribution in [0.1, 0.15) is 26.2 Å². The molecule has 0 spiro atoms. The van der Waals surface area contributed by atoms with Gasteiger partial charge in [0.05, 0.1) is 0 Å². The van der Waals surface area contributed by atoms with Gasteiger partial charge in [0.15, 0.2) is 4.34 Å². The van der Waals surface area contributed by atoms with Crippen molar-refractivity contribution in [3.63, 3.8) is 0 Å². The van der Waals surface area contributed by atoms with E-state index in [0.29, 0.717) is 23.0 Å². The number of hydrogen-bond donors (Lipinski definition) is 1. The molecule has 0 aliphatic heterocycles. The molecule has 1 heterocycles. The Balaban J connectivity index is 1.46. The second kappa shape index (κ2) is 7.92. The van der Waals surface area contributed by atoms with E-state index in [9.17, 15) is 14.0 Å². The molecule has 3 rings (SSSR count). The first-order valence-corrected chi connectivity index (χ1v) is 9.64. The molecule has 0 unspecified atom stereocenters. The van der Waals surface area contributed by atoms with Gasteiger partial charge in [-0.2, -0.15) is 0 Å². The fraction of sp³-hybridized carbons (Fsp3) is 0.375. The quantitative estimate of drug-likeness (QED) is 0.589. The zero-order chi connectivity index (χ0) is 17.8.